The Balaban J connectivity index is 1.59. The highest BCUT2D eigenvalue weighted by Crippen LogP contribution is 2.22. The Morgan fingerprint density at radius 3 is 2.68 bits per heavy atom. The van der Waals surface area contributed by atoms with Gasteiger partial charge in [0.25, 0.3) is 5.91 Å². The summed E-state index contributed by atoms with van der Waals surface area (Å²) in [5.74, 6) is -0.932. The molecule has 3 aromatic rings. The zero-order valence-electron chi connectivity index (χ0n) is 13.6. The SMILES string of the molecule is C[C@@H](NC(=O)COC(=O)c1c[nH]c2ccccc12)c1ccccc1Cl. The Morgan fingerprint density at radius 1 is 1.16 bits per heavy atom. The van der Waals surface area contributed by atoms with Crippen LogP contribution >= 0.6 is 11.6 Å². The summed E-state index contributed by atoms with van der Waals surface area (Å²) in [6.45, 7) is 1.47. The van der Waals surface area contributed by atoms with Crippen LogP contribution in [0, 0.1) is 0 Å². The Hall–Kier alpha value is -2.79. The van der Waals surface area contributed by atoms with Crippen LogP contribution in [0.5, 0.6) is 0 Å². The van der Waals surface area contributed by atoms with Crippen molar-refractivity contribution < 1.29 is 14.3 Å². The lowest BCUT2D eigenvalue weighted by molar-refractivity contribution is -0.124. The molecule has 128 valence electrons. The number of benzene rings is 2. The van der Waals surface area contributed by atoms with E-state index in [0.29, 0.717) is 10.6 Å². The van der Waals surface area contributed by atoms with Crippen LogP contribution in [-0.4, -0.2) is 23.5 Å². The van der Waals surface area contributed by atoms with Gasteiger partial charge in [-0.05, 0) is 24.6 Å². The number of para-hydroxylation sites is 1. The van der Waals surface area contributed by atoms with Gasteiger partial charge in [0, 0.05) is 22.1 Å². The molecular weight excluding hydrogens is 340 g/mol. The number of nitrogens with one attached hydrogen (secondary N) is 2. The van der Waals surface area contributed by atoms with Gasteiger partial charge in [-0.2, -0.15) is 0 Å². The molecule has 3 rings (SSSR count). The molecule has 1 heterocycles. The summed E-state index contributed by atoms with van der Waals surface area (Å²) >= 11 is 6.11. The Labute approximate surface area is 149 Å². The highest BCUT2D eigenvalue weighted by atomic mass is 35.5. The lowest BCUT2D eigenvalue weighted by Gasteiger charge is -2.15. The van der Waals surface area contributed by atoms with Gasteiger partial charge in [-0.1, -0.05) is 48.0 Å². The van der Waals surface area contributed by atoms with E-state index < -0.39 is 5.97 Å². The number of ether oxygens (including phenoxy) is 1. The average molecular weight is 357 g/mol. The quantitative estimate of drug-likeness (QED) is 0.682. The zero-order chi connectivity index (χ0) is 17.8. The second-order valence-electron chi connectivity index (χ2n) is 5.63. The van der Waals surface area contributed by atoms with Crippen LogP contribution in [0.25, 0.3) is 10.9 Å². The van der Waals surface area contributed by atoms with E-state index >= 15 is 0 Å². The summed E-state index contributed by atoms with van der Waals surface area (Å²) < 4.78 is 5.12. The number of hydrogen-bond acceptors (Lipinski definition) is 3. The van der Waals surface area contributed by atoms with Crippen molar-refractivity contribution in [2.45, 2.75) is 13.0 Å². The summed E-state index contributed by atoms with van der Waals surface area (Å²) in [4.78, 5) is 27.2. The monoisotopic (exact) mass is 356 g/mol. The summed E-state index contributed by atoms with van der Waals surface area (Å²) in [6, 6.07) is 14.4. The van der Waals surface area contributed by atoms with E-state index in [0.717, 1.165) is 16.5 Å². The molecular formula is C19H17ClN2O3. The van der Waals surface area contributed by atoms with Crippen LogP contribution in [0.15, 0.2) is 54.7 Å². The summed E-state index contributed by atoms with van der Waals surface area (Å²) in [5, 5.41) is 4.10. The minimum absolute atomic E-state index is 0.284. The molecule has 0 spiro atoms. The molecule has 0 aliphatic rings. The predicted molar refractivity (Wildman–Crippen MR) is 96.6 cm³/mol. The van der Waals surface area contributed by atoms with Gasteiger partial charge in [-0.3, -0.25) is 4.79 Å². The van der Waals surface area contributed by atoms with Crippen molar-refractivity contribution >= 4 is 34.4 Å². The molecule has 0 saturated carbocycles. The lowest BCUT2D eigenvalue weighted by atomic mass is 10.1. The summed E-state index contributed by atoms with van der Waals surface area (Å²) in [7, 11) is 0. The minimum atomic E-state index is -0.544. The third-order valence-electron chi connectivity index (χ3n) is 3.89. The van der Waals surface area contributed by atoms with Crippen LogP contribution in [0.4, 0.5) is 0 Å². The van der Waals surface area contributed by atoms with Crippen molar-refractivity contribution in [2.24, 2.45) is 0 Å². The molecule has 25 heavy (non-hydrogen) atoms. The number of rotatable bonds is 5. The van der Waals surface area contributed by atoms with Gasteiger partial charge in [-0.15, -0.1) is 0 Å². The van der Waals surface area contributed by atoms with E-state index in [1.54, 1.807) is 12.3 Å². The molecule has 1 atom stereocenters. The van der Waals surface area contributed by atoms with Crippen LogP contribution in [0.2, 0.25) is 5.02 Å². The number of esters is 1. The molecule has 0 bridgehead atoms. The van der Waals surface area contributed by atoms with Gasteiger partial charge in [-0.25, -0.2) is 4.79 Å². The maximum absolute atomic E-state index is 12.2. The summed E-state index contributed by atoms with van der Waals surface area (Å²) in [5.41, 5.74) is 2.05. The van der Waals surface area contributed by atoms with Gasteiger partial charge < -0.3 is 15.0 Å². The van der Waals surface area contributed by atoms with Crippen molar-refractivity contribution in [2.75, 3.05) is 6.61 Å². The third kappa shape index (κ3) is 3.83. The number of hydrogen-bond donors (Lipinski definition) is 2. The number of aromatic amines is 1. The molecule has 0 aliphatic heterocycles. The molecule has 2 aromatic carbocycles. The van der Waals surface area contributed by atoms with Crippen molar-refractivity contribution in [3.8, 4) is 0 Å². The molecule has 6 heteroatoms. The average Bonchev–Trinajstić information content (AvgIpc) is 3.04. The van der Waals surface area contributed by atoms with Crippen molar-refractivity contribution in [1.82, 2.24) is 10.3 Å². The molecule has 0 unspecified atom stereocenters. The van der Waals surface area contributed by atoms with Gasteiger partial charge in [0.1, 0.15) is 0 Å². The second-order valence-corrected chi connectivity index (χ2v) is 6.04. The first-order valence-electron chi connectivity index (χ1n) is 7.83. The fourth-order valence-corrected chi connectivity index (χ4v) is 2.94. The normalized spacial score (nSPS) is 11.9. The number of carbonyl (C=O) groups excluding carboxylic acids is 2. The zero-order valence-corrected chi connectivity index (χ0v) is 14.3. The van der Waals surface area contributed by atoms with E-state index in [9.17, 15) is 9.59 Å². The highest BCUT2D eigenvalue weighted by molar-refractivity contribution is 6.31. The van der Waals surface area contributed by atoms with Crippen molar-refractivity contribution in [3.05, 3.63) is 70.9 Å². The van der Waals surface area contributed by atoms with Crippen LogP contribution < -0.4 is 5.32 Å². The highest BCUT2D eigenvalue weighted by Gasteiger charge is 2.16. The number of fused-ring (bicyclic) bond motifs is 1. The molecule has 0 fully saturated rings. The van der Waals surface area contributed by atoms with Crippen molar-refractivity contribution in [3.63, 3.8) is 0 Å². The number of carbonyl (C=O) groups is 2. The van der Waals surface area contributed by atoms with Gasteiger partial charge in [0.15, 0.2) is 6.61 Å². The Kier molecular flexibility index (Phi) is 5.05. The molecule has 1 amide bonds. The predicted octanol–water partition coefficient (Wildman–Crippen LogP) is 3.86. The van der Waals surface area contributed by atoms with E-state index in [1.807, 2.05) is 49.4 Å². The fraction of sp³-hybridized carbons (Fsp3) is 0.158. The third-order valence-corrected chi connectivity index (χ3v) is 4.24. The standard InChI is InChI=1S/C19H17ClN2O3/c1-12(13-6-2-4-8-16(13)20)22-18(23)11-25-19(24)15-10-21-17-9-5-3-7-14(15)17/h2-10,12,21H,11H2,1H3,(H,22,23)/t12-/m1/s1. The van der Waals surface area contributed by atoms with E-state index in [4.69, 9.17) is 16.3 Å². The largest absolute Gasteiger partial charge is 0.452 e. The van der Waals surface area contributed by atoms with Crippen LogP contribution in [0.3, 0.4) is 0 Å². The van der Waals surface area contributed by atoms with Crippen LogP contribution in [0.1, 0.15) is 28.9 Å². The summed E-state index contributed by atoms with van der Waals surface area (Å²) in [6.07, 6.45) is 1.58. The number of amides is 1. The molecule has 5 nitrogen and oxygen atoms in total. The topological polar surface area (TPSA) is 71.2 Å². The molecule has 0 saturated heterocycles. The first-order chi connectivity index (χ1) is 12.1. The van der Waals surface area contributed by atoms with Crippen molar-refractivity contribution in [1.29, 1.82) is 0 Å². The number of aromatic nitrogens is 1. The van der Waals surface area contributed by atoms with E-state index in [-0.39, 0.29) is 18.6 Å². The molecule has 1 aromatic heterocycles. The van der Waals surface area contributed by atoms with Gasteiger partial charge in [0.2, 0.25) is 0 Å². The molecule has 0 aliphatic carbocycles. The molecule has 2 N–H and O–H groups in total. The van der Waals surface area contributed by atoms with Crippen LogP contribution in [-0.2, 0) is 9.53 Å². The smallest absolute Gasteiger partial charge is 0.340 e. The minimum Gasteiger partial charge on any atom is -0.452 e. The molecule has 0 radical (unpaired) electrons. The van der Waals surface area contributed by atoms with Gasteiger partial charge in [0.05, 0.1) is 11.6 Å². The maximum Gasteiger partial charge on any atom is 0.340 e. The number of H-pyrrole nitrogens is 1. The first-order valence-corrected chi connectivity index (χ1v) is 8.21. The lowest BCUT2D eigenvalue weighted by Crippen LogP contribution is -2.31. The number of halogens is 1. The maximum atomic E-state index is 12.2. The second kappa shape index (κ2) is 7.40. The first kappa shape index (κ1) is 17.0. The fourth-order valence-electron chi connectivity index (χ4n) is 2.64. The van der Waals surface area contributed by atoms with Gasteiger partial charge >= 0.3 is 5.97 Å². The van der Waals surface area contributed by atoms with E-state index in [1.165, 1.54) is 0 Å². The Morgan fingerprint density at radius 2 is 1.88 bits per heavy atom. The van der Waals surface area contributed by atoms with E-state index in [2.05, 4.69) is 10.3 Å². The Bertz CT molecular complexity index is 920.